The van der Waals surface area contributed by atoms with Gasteiger partial charge in [-0.05, 0) is 30.7 Å². The van der Waals surface area contributed by atoms with Crippen molar-refractivity contribution in [3.8, 4) is 0 Å². The maximum absolute atomic E-state index is 8.56. The van der Waals surface area contributed by atoms with E-state index < -0.39 is 11.4 Å². The predicted octanol–water partition coefficient (Wildman–Crippen LogP) is 4.09. The molecule has 0 bridgehead atoms. The van der Waals surface area contributed by atoms with Gasteiger partial charge in [-0.15, -0.1) is 0 Å². The summed E-state index contributed by atoms with van der Waals surface area (Å²) in [6.07, 6.45) is 0. The minimum absolute atomic E-state index is 0.839. The largest absolute Gasteiger partial charge is 0.750 e. The van der Waals surface area contributed by atoms with E-state index in [1.807, 2.05) is 44.2 Å². The lowest BCUT2D eigenvalue weighted by Crippen LogP contribution is -1.87. The van der Waals surface area contributed by atoms with Gasteiger partial charge in [0.25, 0.3) is 0 Å². The summed E-state index contributed by atoms with van der Waals surface area (Å²) < 4.78 is 24.1. The molecule has 0 heterocycles. The summed E-state index contributed by atoms with van der Waals surface area (Å²) in [5, 5.41) is 0. The Morgan fingerprint density at radius 2 is 1.48 bits per heavy atom. The third kappa shape index (κ3) is 8.52. The molecular weight excluding hydrogens is 306 g/mol. The lowest BCUT2D eigenvalue weighted by molar-refractivity contribution is 0.436. The third-order valence-electron chi connectivity index (χ3n) is 2.23. The molecule has 0 aliphatic heterocycles. The second kappa shape index (κ2) is 11.3. The van der Waals surface area contributed by atoms with Crippen LogP contribution in [0.3, 0.4) is 0 Å². The summed E-state index contributed by atoms with van der Waals surface area (Å²) in [7, 11) is 0. The Labute approximate surface area is 132 Å². The van der Waals surface area contributed by atoms with Crippen LogP contribution in [0.15, 0.2) is 58.3 Å². The van der Waals surface area contributed by atoms with Gasteiger partial charge in [0.05, 0.1) is 11.4 Å². The first kappa shape index (κ1) is 19.7. The van der Waals surface area contributed by atoms with Crippen molar-refractivity contribution >= 4 is 28.8 Å². The number of aryl methyl sites for hydroxylation is 1. The molecule has 116 valence electrons. The molecule has 3 N–H and O–H groups in total. The van der Waals surface area contributed by atoms with E-state index in [-0.39, 0.29) is 0 Å². The molecular formula is C15H20NO3S2-. The summed E-state index contributed by atoms with van der Waals surface area (Å²) in [6.45, 7) is 6.11. The highest BCUT2D eigenvalue weighted by Crippen LogP contribution is 2.33. The highest BCUT2D eigenvalue weighted by atomic mass is 32.2. The summed E-state index contributed by atoms with van der Waals surface area (Å²) in [6, 6.07) is 16.3. The molecule has 0 aliphatic carbocycles. The second-order valence-corrected chi connectivity index (χ2v) is 5.14. The molecule has 21 heavy (non-hydrogen) atoms. The van der Waals surface area contributed by atoms with Crippen LogP contribution in [-0.2, 0) is 11.4 Å². The Kier molecular flexibility index (Phi) is 10.6. The fourth-order valence-electron chi connectivity index (χ4n) is 1.36. The van der Waals surface area contributed by atoms with Gasteiger partial charge in [-0.2, -0.15) is 0 Å². The molecule has 1 unspecified atom stereocenters. The van der Waals surface area contributed by atoms with Crippen molar-refractivity contribution in [2.45, 2.75) is 30.6 Å². The highest BCUT2D eigenvalue weighted by molar-refractivity contribution is 7.99. The summed E-state index contributed by atoms with van der Waals surface area (Å²) in [5.41, 5.74) is 8.02. The van der Waals surface area contributed by atoms with Crippen molar-refractivity contribution in [2.75, 3.05) is 5.73 Å². The van der Waals surface area contributed by atoms with Crippen LogP contribution in [0.25, 0.3) is 0 Å². The predicted molar refractivity (Wildman–Crippen MR) is 89.1 cm³/mol. The van der Waals surface area contributed by atoms with Crippen LogP contribution in [0.4, 0.5) is 5.69 Å². The van der Waals surface area contributed by atoms with Gasteiger partial charge >= 0.3 is 0 Å². The fraction of sp³-hybridized carbons (Fsp3) is 0.200. The van der Waals surface area contributed by atoms with Crippen molar-refractivity contribution in [3.63, 3.8) is 0 Å². The van der Waals surface area contributed by atoms with Crippen LogP contribution >= 0.6 is 11.8 Å². The minimum atomic E-state index is -2.86. The smallest absolute Gasteiger partial charge is 0.0814 e. The van der Waals surface area contributed by atoms with Crippen molar-refractivity contribution in [1.82, 2.24) is 0 Å². The molecule has 0 saturated carbocycles. The first-order chi connectivity index (χ1) is 10.0. The Morgan fingerprint density at radius 3 is 1.95 bits per heavy atom. The molecule has 0 aromatic heterocycles. The van der Waals surface area contributed by atoms with Crippen LogP contribution in [0.2, 0.25) is 0 Å². The van der Waals surface area contributed by atoms with Gasteiger partial charge in [-0.3, -0.25) is 0 Å². The van der Waals surface area contributed by atoms with Crippen LogP contribution in [0.5, 0.6) is 0 Å². The number of hydrogen-bond donors (Lipinski definition) is 2. The zero-order chi connectivity index (χ0) is 16.3. The van der Waals surface area contributed by atoms with E-state index >= 15 is 0 Å². The number of benzene rings is 2. The molecule has 6 heteroatoms. The SMILES string of the molecule is CC.Cc1ccccc1Sc1ccccc1N.O=S([O-])O. The summed E-state index contributed by atoms with van der Waals surface area (Å²) in [4.78, 5) is 2.38. The molecule has 0 spiro atoms. The Hall–Kier alpha value is -1.34. The van der Waals surface area contributed by atoms with Crippen LogP contribution < -0.4 is 5.73 Å². The normalized spacial score (nSPS) is 10.5. The van der Waals surface area contributed by atoms with Gasteiger partial charge in [0, 0.05) is 15.5 Å². The Balaban J connectivity index is 0.000000579. The number of para-hydroxylation sites is 1. The first-order valence-corrected chi connectivity index (χ1v) is 8.22. The lowest BCUT2D eigenvalue weighted by atomic mass is 10.2. The molecule has 1 atom stereocenters. The van der Waals surface area contributed by atoms with E-state index in [9.17, 15) is 0 Å². The number of anilines is 1. The average molecular weight is 326 g/mol. The molecule has 0 amide bonds. The van der Waals surface area contributed by atoms with Gasteiger partial charge in [-0.25, -0.2) is 4.21 Å². The molecule has 0 aliphatic rings. The van der Waals surface area contributed by atoms with E-state index in [2.05, 4.69) is 25.1 Å². The summed E-state index contributed by atoms with van der Waals surface area (Å²) in [5.74, 6) is 0. The maximum Gasteiger partial charge on any atom is 0.0814 e. The van der Waals surface area contributed by atoms with Gasteiger partial charge in [0.2, 0.25) is 0 Å². The first-order valence-electron chi connectivity index (χ1n) is 6.37. The molecule has 0 radical (unpaired) electrons. The standard InChI is InChI=1S/C13H13NS.C2H6.H2O3S/c1-10-6-2-4-8-12(10)15-13-9-5-3-7-11(13)14;1-2;1-4(2)3/h2-9H,14H2,1H3;1-2H3;(H2,1,2,3)/p-1. The molecule has 0 fully saturated rings. The highest BCUT2D eigenvalue weighted by Gasteiger charge is 2.02. The molecule has 0 saturated heterocycles. The Bertz CT molecular complexity index is 515. The second-order valence-electron chi connectivity index (χ2n) is 3.62. The van der Waals surface area contributed by atoms with Crippen LogP contribution in [0.1, 0.15) is 19.4 Å². The van der Waals surface area contributed by atoms with E-state index in [1.54, 1.807) is 11.8 Å². The lowest BCUT2D eigenvalue weighted by Gasteiger charge is -2.06. The van der Waals surface area contributed by atoms with Gasteiger partial charge in [0.1, 0.15) is 0 Å². The molecule has 4 nitrogen and oxygen atoms in total. The molecule has 2 aromatic rings. The number of hydrogen-bond acceptors (Lipinski definition) is 4. The van der Waals surface area contributed by atoms with Crippen molar-refractivity contribution < 1.29 is 13.3 Å². The number of nitrogen functional groups attached to an aromatic ring is 1. The van der Waals surface area contributed by atoms with E-state index in [0.29, 0.717) is 0 Å². The van der Waals surface area contributed by atoms with Gasteiger partial charge < -0.3 is 14.8 Å². The van der Waals surface area contributed by atoms with E-state index in [4.69, 9.17) is 19.0 Å². The number of nitrogens with two attached hydrogens (primary N) is 1. The van der Waals surface area contributed by atoms with Crippen molar-refractivity contribution in [1.29, 1.82) is 0 Å². The zero-order valence-corrected chi connectivity index (χ0v) is 13.9. The average Bonchev–Trinajstić information content (AvgIpc) is 2.45. The zero-order valence-electron chi connectivity index (χ0n) is 12.3. The third-order valence-corrected chi connectivity index (χ3v) is 3.50. The minimum Gasteiger partial charge on any atom is -0.750 e. The van der Waals surface area contributed by atoms with Crippen molar-refractivity contribution in [3.05, 3.63) is 54.1 Å². The summed E-state index contributed by atoms with van der Waals surface area (Å²) >= 11 is -1.15. The molecule has 2 rings (SSSR count). The van der Waals surface area contributed by atoms with Gasteiger partial charge in [-0.1, -0.05) is 55.9 Å². The van der Waals surface area contributed by atoms with Crippen molar-refractivity contribution in [2.24, 2.45) is 0 Å². The maximum atomic E-state index is 8.56. The van der Waals surface area contributed by atoms with E-state index in [0.717, 1.165) is 10.6 Å². The van der Waals surface area contributed by atoms with Gasteiger partial charge in [0.15, 0.2) is 0 Å². The quantitative estimate of drug-likeness (QED) is 0.641. The van der Waals surface area contributed by atoms with Crippen LogP contribution in [0, 0.1) is 6.92 Å². The topological polar surface area (TPSA) is 86.4 Å². The monoisotopic (exact) mass is 326 g/mol. The molecule has 2 aromatic carbocycles. The number of rotatable bonds is 2. The fourth-order valence-corrected chi connectivity index (χ4v) is 2.31. The van der Waals surface area contributed by atoms with E-state index in [1.165, 1.54) is 10.5 Å². The Morgan fingerprint density at radius 1 is 1.05 bits per heavy atom. The van der Waals surface area contributed by atoms with Crippen LogP contribution in [-0.4, -0.2) is 13.3 Å².